The first-order valence-corrected chi connectivity index (χ1v) is 9.47. The number of anilines is 1. The van der Waals surface area contributed by atoms with Crippen molar-refractivity contribution in [2.24, 2.45) is 4.40 Å². The van der Waals surface area contributed by atoms with Crippen molar-refractivity contribution in [1.29, 1.82) is 0 Å². The minimum Gasteiger partial charge on any atom is -0.497 e. The summed E-state index contributed by atoms with van der Waals surface area (Å²) < 4.78 is 33.2. The number of fused-ring (bicyclic) bond motifs is 1. The van der Waals surface area contributed by atoms with E-state index in [1.165, 1.54) is 6.07 Å². The smallest absolute Gasteiger partial charge is 0.287 e. The van der Waals surface area contributed by atoms with Gasteiger partial charge in [0.2, 0.25) is 5.84 Å². The summed E-state index contributed by atoms with van der Waals surface area (Å²) in [7, 11) is -2.30. The second-order valence-corrected chi connectivity index (χ2v) is 7.47. The number of aryl methyl sites for hydroxylation is 1. The summed E-state index contributed by atoms with van der Waals surface area (Å²) in [6.07, 6.45) is 0.603. The van der Waals surface area contributed by atoms with E-state index in [-0.39, 0.29) is 10.7 Å². The molecule has 0 spiro atoms. The molecule has 2 N–H and O–H groups in total. The van der Waals surface area contributed by atoms with Crippen LogP contribution in [0.3, 0.4) is 0 Å². The Labute approximate surface area is 152 Å². The van der Waals surface area contributed by atoms with Gasteiger partial charge in [-0.15, -0.1) is 4.40 Å². The van der Waals surface area contributed by atoms with Crippen LogP contribution in [-0.2, 0) is 21.2 Å². The van der Waals surface area contributed by atoms with Crippen molar-refractivity contribution in [2.45, 2.75) is 18.2 Å². The van der Waals surface area contributed by atoms with Crippen molar-refractivity contribution < 1.29 is 17.9 Å². The highest BCUT2D eigenvalue weighted by molar-refractivity contribution is 7.90. The number of nitrogens with one attached hydrogen (secondary N) is 2. The lowest BCUT2D eigenvalue weighted by Gasteiger charge is -2.18. The minimum absolute atomic E-state index is 0.0762. The second kappa shape index (κ2) is 7.17. The maximum Gasteiger partial charge on any atom is 0.287 e. The van der Waals surface area contributed by atoms with Gasteiger partial charge in [-0.3, -0.25) is 4.79 Å². The van der Waals surface area contributed by atoms with E-state index in [4.69, 9.17) is 4.74 Å². The Hall–Kier alpha value is -2.87. The number of nitrogens with zero attached hydrogens (tertiary/aromatic N) is 1. The maximum atomic E-state index is 12.3. The number of carbonyl (C=O) groups is 1. The Kier molecular flexibility index (Phi) is 4.94. The highest BCUT2D eigenvalue weighted by Crippen LogP contribution is 2.27. The molecule has 0 atom stereocenters. The number of benzene rings is 2. The van der Waals surface area contributed by atoms with Crippen molar-refractivity contribution in [1.82, 2.24) is 5.32 Å². The molecule has 0 saturated carbocycles. The van der Waals surface area contributed by atoms with Crippen LogP contribution >= 0.6 is 0 Å². The van der Waals surface area contributed by atoms with E-state index in [0.717, 1.165) is 16.9 Å². The SMILES string of the molecule is COc1ccc(CCNC(=O)C2=NS(=O)(=O)c3cc(C)ccc3N2)cc1. The number of carbonyl (C=O) groups excluding carboxylic acids is 1. The van der Waals surface area contributed by atoms with Gasteiger partial charge in [0.1, 0.15) is 10.6 Å². The summed E-state index contributed by atoms with van der Waals surface area (Å²) in [5, 5.41) is 5.47. The van der Waals surface area contributed by atoms with E-state index in [2.05, 4.69) is 15.0 Å². The molecule has 0 aliphatic carbocycles. The second-order valence-electron chi connectivity index (χ2n) is 5.89. The van der Waals surface area contributed by atoms with Gasteiger partial charge in [0.05, 0.1) is 12.8 Å². The van der Waals surface area contributed by atoms with Gasteiger partial charge in [0.15, 0.2) is 0 Å². The first-order chi connectivity index (χ1) is 12.4. The normalized spacial score (nSPS) is 14.6. The van der Waals surface area contributed by atoms with Crippen LogP contribution in [0.15, 0.2) is 51.8 Å². The molecule has 136 valence electrons. The molecule has 7 nitrogen and oxygen atoms in total. The number of rotatable bonds is 5. The van der Waals surface area contributed by atoms with E-state index in [9.17, 15) is 13.2 Å². The van der Waals surface area contributed by atoms with Crippen molar-refractivity contribution in [2.75, 3.05) is 19.0 Å². The third-order valence-electron chi connectivity index (χ3n) is 3.95. The highest BCUT2D eigenvalue weighted by Gasteiger charge is 2.27. The standard InChI is InChI=1S/C18H19N3O4S/c1-12-3-8-15-16(11-12)26(23,24)21-17(20-15)18(22)19-10-9-13-4-6-14(25-2)7-5-13/h3-8,11H,9-10H2,1-2H3,(H,19,22)(H,20,21). The molecule has 1 aliphatic rings. The Morgan fingerprint density at radius 2 is 1.92 bits per heavy atom. The van der Waals surface area contributed by atoms with Crippen molar-refractivity contribution in [3.63, 3.8) is 0 Å². The largest absolute Gasteiger partial charge is 0.497 e. The van der Waals surface area contributed by atoms with Crippen LogP contribution in [0, 0.1) is 6.92 Å². The monoisotopic (exact) mass is 373 g/mol. The van der Waals surface area contributed by atoms with E-state index in [1.807, 2.05) is 24.3 Å². The van der Waals surface area contributed by atoms with Crippen LogP contribution in [0.1, 0.15) is 11.1 Å². The van der Waals surface area contributed by atoms with Gasteiger partial charge in [-0.05, 0) is 48.7 Å². The van der Waals surface area contributed by atoms with Crippen molar-refractivity contribution in [3.05, 3.63) is 53.6 Å². The number of hydrogen-bond acceptors (Lipinski definition) is 5. The molecule has 1 aliphatic heterocycles. The molecular formula is C18H19N3O4S. The number of sulfonamides is 1. The Morgan fingerprint density at radius 3 is 2.62 bits per heavy atom. The molecule has 2 aromatic rings. The summed E-state index contributed by atoms with van der Waals surface area (Å²) in [4.78, 5) is 12.3. The Morgan fingerprint density at radius 1 is 1.19 bits per heavy atom. The van der Waals surface area contributed by atoms with Crippen LogP contribution < -0.4 is 15.4 Å². The van der Waals surface area contributed by atoms with Gasteiger partial charge in [-0.2, -0.15) is 8.42 Å². The van der Waals surface area contributed by atoms with Crippen LogP contribution in [0.25, 0.3) is 0 Å². The zero-order chi connectivity index (χ0) is 18.7. The first kappa shape index (κ1) is 17.9. The third-order valence-corrected chi connectivity index (χ3v) is 5.27. The van der Waals surface area contributed by atoms with Crippen LogP contribution in [-0.4, -0.2) is 33.8 Å². The lowest BCUT2D eigenvalue weighted by molar-refractivity contribution is -0.114. The topological polar surface area (TPSA) is 96.9 Å². The zero-order valence-corrected chi connectivity index (χ0v) is 15.3. The van der Waals surface area contributed by atoms with Gasteiger partial charge < -0.3 is 15.4 Å². The molecule has 1 amide bonds. The lowest BCUT2D eigenvalue weighted by Crippen LogP contribution is -2.39. The fourth-order valence-electron chi connectivity index (χ4n) is 2.56. The molecule has 26 heavy (non-hydrogen) atoms. The summed E-state index contributed by atoms with van der Waals surface area (Å²) in [6.45, 7) is 2.15. The van der Waals surface area contributed by atoms with Crippen LogP contribution in [0.4, 0.5) is 5.69 Å². The molecule has 0 radical (unpaired) electrons. The van der Waals surface area contributed by atoms with Crippen molar-refractivity contribution >= 4 is 27.5 Å². The molecule has 0 unspecified atom stereocenters. The summed E-state index contributed by atoms with van der Waals surface area (Å²) in [5.41, 5.74) is 2.18. The predicted molar refractivity (Wildman–Crippen MR) is 99.1 cm³/mol. The highest BCUT2D eigenvalue weighted by atomic mass is 32.2. The number of amides is 1. The van der Waals surface area contributed by atoms with Gasteiger partial charge in [0, 0.05) is 6.54 Å². The number of hydrogen-bond donors (Lipinski definition) is 2. The molecule has 1 heterocycles. The van der Waals surface area contributed by atoms with Gasteiger partial charge in [-0.1, -0.05) is 18.2 Å². The quantitative estimate of drug-likeness (QED) is 0.834. The van der Waals surface area contributed by atoms with Gasteiger partial charge >= 0.3 is 0 Å². The average Bonchev–Trinajstić information content (AvgIpc) is 2.62. The fourth-order valence-corrected chi connectivity index (χ4v) is 3.76. The molecular weight excluding hydrogens is 354 g/mol. The number of methoxy groups -OCH3 is 1. The Balaban J connectivity index is 1.65. The zero-order valence-electron chi connectivity index (χ0n) is 14.4. The molecule has 0 fully saturated rings. The Bertz CT molecular complexity index is 966. The molecule has 3 rings (SSSR count). The first-order valence-electron chi connectivity index (χ1n) is 8.03. The molecule has 8 heteroatoms. The van der Waals surface area contributed by atoms with E-state index < -0.39 is 15.9 Å². The fraction of sp³-hybridized carbons (Fsp3) is 0.222. The summed E-state index contributed by atoms with van der Waals surface area (Å²) in [5.74, 6) is -0.0259. The van der Waals surface area contributed by atoms with E-state index in [0.29, 0.717) is 18.7 Å². The summed E-state index contributed by atoms with van der Waals surface area (Å²) in [6, 6.07) is 12.4. The molecule has 2 aromatic carbocycles. The van der Waals surface area contributed by atoms with Crippen molar-refractivity contribution in [3.8, 4) is 5.75 Å². The van der Waals surface area contributed by atoms with Gasteiger partial charge in [-0.25, -0.2) is 0 Å². The van der Waals surface area contributed by atoms with Gasteiger partial charge in [0.25, 0.3) is 15.9 Å². The predicted octanol–water partition coefficient (Wildman–Crippen LogP) is 1.88. The minimum atomic E-state index is -3.89. The molecule has 0 aromatic heterocycles. The average molecular weight is 373 g/mol. The lowest BCUT2D eigenvalue weighted by atomic mass is 10.1. The summed E-state index contributed by atoms with van der Waals surface area (Å²) >= 11 is 0. The van der Waals surface area contributed by atoms with Crippen LogP contribution in [0.5, 0.6) is 5.75 Å². The molecule has 0 saturated heterocycles. The maximum absolute atomic E-state index is 12.3. The molecule has 0 bridgehead atoms. The van der Waals surface area contributed by atoms with E-state index >= 15 is 0 Å². The number of ether oxygens (including phenoxy) is 1. The number of amidine groups is 1. The third kappa shape index (κ3) is 3.85. The van der Waals surface area contributed by atoms with E-state index in [1.54, 1.807) is 26.2 Å². The van der Waals surface area contributed by atoms with Crippen LogP contribution in [0.2, 0.25) is 0 Å².